The van der Waals surface area contributed by atoms with Gasteiger partial charge in [0.05, 0.1) is 6.10 Å². The molecule has 1 aliphatic heterocycles. The minimum absolute atomic E-state index is 0.0271. The Balaban J connectivity index is 1.62. The Hall–Kier alpha value is -1.96. The van der Waals surface area contributed by atoms with Gasteiger partial charge in [-0.1, -0.05) is 6.42 Å². The molecule has 0 radical (unpaired) electrons. The Morgan fingerprint density at radius 3 is 2.79 bits per heavy atom. The van der Waals surface area contributed by atoms with Crippen LogP contribution < -0.4 is 0 Å². The molecule has 0 N–H and O–H groups in total. The van der Waals surface area contributed by atoms with Crippen molar-refractivity contribution >= 4 is 11.8 Å². The van der Waals surface area contributed by atoms with E-state index >= 15 is 0 Å². The van der Waals surface area contributed by atoms with Gasteiger partial charge in [0.15, 0.2) is 0 Å². The highest BCUT2D eigenvalue weighted by Crippen LogP contribution is 2.38. The molecule has 2 fully saturated rings. The number of carbonyl (C=O) groups is 2. The van der Waals surface area contributed by atoms with Gasteiger partial charge in [-0.3, -0.25) is 14.3 Å². The van der Waals surface area contributed by atoms with E-state index in [1.165, 1.54) is 15.9 Å². The highest BCUT2D eigenvalue weighted by molar-refractivity contribution is 5.90. The predicted octanol–water partition coefficient (Wildman–Crippen LogP) is 0.161. The number of carbonyl (C=O) groups excluding carboxylic acids is 2. The van der Waals surface area contributed by atoms with E-state index in [1.54, 1.807) is 21.1 Å². The molecule has 2 heterocycles. The Morgan fingerprint density at radius 1 is 1.33 bits per heavy atom. The van der Waals surface area contributed by atoms with Crippen LogP contribution in [0.3, 0.4) is 0 Å². The average Bonchev–Trinajstić information content (AvgIpc) is 3.17. The summed E-state index contributed by atoms with van der Waals surface area (Å²) >= 11 is 0. The summed E-state index contributed by atoms with van der Waals surface area (Å²) in [6.45, 7) is 1.49. The summed E-state index contributed by atoms with van der Waals surface area (Å²) in [4.78, 5) is 31.7. The summed E-state index contributed by atoms with van der Waals surface area (Å²) in [5.74, 6) is 0.831. The first-order chi connectivity index (χ1) is 11.5. The van der Waals surface area contributed by atoms with Crippen molar-refractivity contribution < 1.29 is 14.3 Å². The second kappa shape index (κ2) is 6.88. The van der Waals surface area contributed by atoms with Crippen molar-refractivity contribution in [2.24, 2.45) is 18.9 Å². The molecule has 0 unspecified atom stereocenters. The molecular weight excluding hydrogens is 310 g/mol. The fourth-order valence-corrected chi connectivity index (χ4v) is 3.68. The van der Waals surface area contributed by atoms with E-state index in [-0.39, 0.29) is 30.3 Å². The highest BCUT2D eigenvalue weighted by atomic mass is 16.5. The molecule has 132 valence electrons. The van der Waals surface area contributed by atoms with Gasteiger partial charge in [0.1, 0.15) is 12.9 Å². The quantitative estimate of drug-likeness (QED) is 0.783. The van der Waals surface area contributed by atoms with Crippen molar-refractivity contribution in [3.63, 3.8) is 0 Å². The molecule has 1 saturated carbocycles. The van der Waals surface area contributed by atoms with Crippen LogP contribution in [0, 0.1) is 11.8 Å². The molecule has 1 aromatic rings. The molecule has 8 heteroatoms. The summed E-state index contributed by atoms with van der Waals surface area (Å²) < 4.78 is 7.43. The third-order valence-corrected chi connectivity index (χ3v) is 5.03. The lowest BCUT2D eigenvalue weighted by atomic mass is 9.79. The monoisotopic (exact) mass is 335 g/mol. The zero-order valence-corrected chi connectivity index (χ0v) is 14.5. The molecule has 1 aromatic heterocycles. The molecule has 2 aliphatic rings. The molecule has 24 heavy (non-hydrogen) atoms. The second-order valence-electron chi connectivity index (χ2n) is 6.94. The Bertz CT molecular complexity index is 615. The van der Waals surface area contributed by atoms with Crippen molar-refractivity contribution in [2.75, 3.05) is 33.8 Å². The van der Waals surface area contributed by atoms with E-state index in [0.717, 1.165) is 25.8 Å². The molecule has 8 nitrogen and oxygen atoms in total. The Labute approximate surface area is 141 Å². The van der Waals surface area contributed by atoms with Crippen LogP contribution in [-0.4, -0.2) is 76.3 Å². The Morgan fingerprint density at radius 2 is 2.12 bits per heavy atom. The number of aryl methyl sites for hydroxylation is 1. The molecule has 3 rings (SSSR count). The molecule has 2 amide bonds. The van der Waals surface area contributed by atoms with Gasteiger partial charge in [-0.15, -0.1) is 5.10 Å². The number of hydrogen-bond acceptors (Lipinski definition) is 5. The maximum Gasteiger partial charge on any atom is 0.293 e. The maximum absolute atomic E-state index is 12.6. The van der Waals surface area contributed by atoms with E-state index < -0.39 is 0 Å². The second-order valence-corrected chi connectivity index (χ2v) is 6.94. The number of aromatic nitrogens is 3. The fraction of sp³-hybridized carbons (Fsp3) is 0.750. The van der Waals surface area contributed by atoms with Crippen LogP contribution in [0.25, 0.3) is 0 Å². The van der Waals surface area contributed by atoms with Gasteiger partial charge in [-0.25, -0.2) is 4.98 Å². The number of likely N-dealkylation sites (tertiary alicyclic amines) is 1. The van der Waals surface area contributed by atoms with E-state index in [9.17, 15) is 9.59 Å². The third kappa shape index (κ3) is 3.43. The molecule has 1 saturated heterocycles. The van der Waals surface area contributed by atoms with Crippen molar-refractivity contribution in [3.05, 3.63) is 12.2 Å². The average molecular weight is 335 g/mol. The third-order valence-electron chi connectivity index (χ3n) is 5.03. The molecule has 0 spiro atoms. The smallest absolute Gasteiger partial charge is 0.293 e. The standard InChI is InChI=1S/C16H25N5O3/c1-19(2)14(22)9-24-13-6-4-5-11-7-21(8-12(11)13)16(23)15-17-10-20(3)18-15/h10-13H,4-9H2,1-3H3/t11-,12+,13-/m1/s1. The first-order valence-corrected chi connectivity index (χ1v) is 8.42. The van der Waals surface area contributed by atoms with Crippen molar-refractivity contribution in [3.8, 4) is 0 Å². The zero-order chi connectivity index (χ0) is 17.3. The van der Waals surface area contributed by atoms with Crippen LogP contribution in [0.4, 0.5) is 0 Å². The van der Waals surface area contributed by atoms with Gasteiger partial charge in [-0.2, -0.15) is 0 Å². The van der Waals surface area contributed by atoms with Crippen molar-refractivity contribution in [1.82, 2.24) is 24.6 Å². The number of nitrogens with zero attached hydrogens (tertiary/aromatic N) is 5. The number of hydrogen-bond donors (Lipinski definition) is 0. The molecule has 0 aromatic carbocycles. The summed E-state index contributed by atoms with van der Waals surface area (Å²) in [6.07, 6.45) is 4.71. The number of fused-ring (bicyclic) bond motifs is 1. The van der Waals surface area contributed by atoms with Gasteiger partial charge in [0.25, 0.3) is 5.91 Å². The van der Waals surface area contributed by atoms with Crippen LogP contribution in [0.15, 0.2) is 6.33 Å². The molecule has 1 aliphatic carbocycles. The van der Waals surface area contributed by atoms with E-state index in [0.29, 0.717) is 18.4 Å². The number of amides is 2. The maximum atomic E-state index is 12.6. The molecule has 0 bridgehead atoms. The normalized spacial score (nSPS) is 26.3. The van der Waals surface area contributed by atoms with Gasteiger partial charge < -0.3 is 14.5 Å². The number of likely N-dealkylation sites (N-methyl/N-ethyl adjacent to an activating group) is 1. The van der Waals surface area contributed by atoms with E-state index in [2.05, 4.69) is 10.1 Å². The van der Waals surface area contributed by atoms with E-state index in [1.807, 2.05) is 4.90 Å². The van der Waals surface area contributed by atoms with Crippen molar-refractivity contribution in [2.45, 2.75) is 25.4 Å². The van der Waals surface area contributed by atoms with Crippen LogP contribution in [0.2, 0.25) is 0 Å². The largest absolute Gasteiger partial charge is 0.368 e. The first-order valence-electron chi connectivity index (χ1n) is 8.42. The zero-order valence-electron chi connectivity index (χ0n) is 14.5. The van der Waals surface area contributed by atoms with Crippen LogP contribution in [0.5, 0.6) is 0 Å². The van der Waals surface area contributed by atoms with Crippen molar-refractivity contribution in [1.29, 1.82) is 0 Å². The van der Waals surface area contributed by atoms with Crippen LogP contribution in [-0.2, 0) is 16.6 Å². The van der Waals surface area contributed by atoms with Gasteiger partial charge >= 0.3 is 0 Å². The number of ether oxygens (including phenoxy) is 1. The lowest BCUT2D eigenvalue weighted by molar-refractivity contribution is -0.138. The SMILES string of the molecule is CN(C)C(=O)CO[C@@H]1CCC[C@@H]2CN(C(=O)c3ncn(C)n3)C[C@@H]21. The van der Waals surface area contributed by atoms with Gasteiger partial charge in [0.2, 0.25) is 11.7 Å². The highest BCUT2D eigenvalue weighted by Gasteiger charge is 2.43. The lowest BCUT2D eigenvalue weighted by Gasteiger charge is -2.32. The van der Waals surface area contributed by atoms with Crippen LogP contribution >= 0.6 is 0 Å². The lowest BCUT2D eigenvalue weighted by Crippen LogP contribution is -2.37. The fourth-order valence-electron chi connectivity index (χ4n) is 3.68. The topological polar surface area (TPSA) is 80.6 Å². The predicted molar refractivity (Wildman–Crippen MR) is 86.2 cm³/mol. The summed E-state index contributed by atoms with van der Waals surface area (Å²) in [5.41, 5.74) is 0. The first kappa shape index (κ1) is 16.9. The summed E-state index contributed by atoms with van der Waals surface area (Å²) in [7, 11) is 5.20. The summed E-state index contributed by atoms with van der Waals surface area (Å²) in [5, 5.41) is 4.10. The van der Waals surface area contributed by atoms with E-state index in [4.69, 9.17) is 4.74 Å². The number of rotatable bonds is 4. The Kier molecular flexibility index (Phi) is 4.84. The minimum Gasteiger partial charge on any atom is -0.368 e. The summed E-state index contributed by atoms with van der Waals surface area (Å²) in [6, 6.07) is 0. The van der Waals surface area contributed by atoms with Gasteiger partial charge in [-0.05, 0) is 18.8 Å². The van der Waals surface area contributed by atoms with Gasteiger partial charge in [0, 0.05) is 40.2 Å². The minimum atomic E-state index is -0.117. The molecule has 3 atom stereocenters. The van der Waals surface area contributed by atoms with Crippen LogP contribution in [0.1, 0.15) is 29.9 Å². The molecular formula is C16H25N5O3.